The van der Waals surface area contributed by atoms with Crippen molar-refractivity contribution in [3.63, 3.8) is 0 Å². The molecule has 8 heteroatoms. The fraction of sp³-hybridized carbons (Fsp3) is 0.375. The molecule has 32 heavy (non-hydrogen) atoms. The summed E-state index contributed by atoms with van der Waals surface area (Å²) >= 11 is 0. The van der Waals surface area contributed by atoms with Crippen molar-refractivity contribution < 1.29 is 18.9 Å². The van der Waals surface area contributed by atoms with E-state index in [0.29, 0.717) is 23.7 Å². The lowest BCUT2D eigenvalue weighted by molar-refractivity contribution is 0.0365. The zero-order valence-electron chi connectivity index (χ0n) is 18.6. The highest BCUT2D eigenvalue weighted by atomic mass is 35.5. The summed E-state index contributed by atoms with van der Waals surface area (Å²) in [6, 6.07) is 14.2. The van der Waals surface area contributed by atoms with Crippen LogP contribution in [0, 0.1) is 11.3 Å². The average molecular weight is 458 g/mol. The predicted molar refractivity (Wildman–Crippen MR) is 126 cm³/mol. The number of aromatic nitrogens is 1. The predicted octanol–water partition coefficient (Wildman–Crippen LogP) is 3.96. The second-order valence-electron chi connectivity index (χ2n) is 7.39. The number of nitriles is 1. The van der Waals surface area contributed by atoms with Crippen molar-refractivity contribution in [1.82, 2.24) is 9.47 Å². The molecular formula is C24H28ClN3O4. The maximum absolute atomic E-state index is 10.2. The van der Waals surface area contributed by atoms with Gasteiger partial charge in [0.2, 0.25) is 0 Å². The lowest BCUT2D eigenvalue weighted by atomic mass is 10.0. The van der Waals surface area contributed by atoms with Crippen molar-refractivity contribution in [2.75, 3.05) is 54.2 Å². The molecule has 0 N–H and O–H groups in total. The highest BCUT2D eigenvalue weighted by Crippen LogP contribution is 2.41. The standard InChI is InChI=1S/C24H27N3O4.ClH/c1-28-18-6-4-17(5-7-18)24-19-14-22(29-2)23(30-3)15-20(19)27(21(24)16-25)9-8-26-10-12-31-13-11-26;/h4-7,14-15H,8-13H2,1-3H3;1H. The minimum atomic E-state index is 0. The van der Waals surface area contributed by atoms with Gasteiger partial charge < -0.3 is 23.5 Å². The summed E-state index contributed by atoms with van der Waals surface area (Å²) in [5.41, 5.74) is 3.43. The van der Waals surface area contributed by atoms with Gasteiger partial charge in [-0.25, -0.2) is 0 Å². The molecule has 170 valence electrons. The number of rotatable bonds is 7. The van der Waals surface area contributed by atoms with Gasteiger partial charge in [-0.15, -0.1) is 12.4 Å². The van der Waals surface area contributed by atoms with Gasteiger partial charge in [0.15, 0.2) is 11.5 Å². The number of morpholine rings is 1. The zero-order chi connectivity index (χ0) is 21.8. The van der Waals surface area contributed by atoms with E-state index >= 15 is 0 Å². The van der Waals surface area contributed by atoms with Gasteiger partial charge in [-0.2, -0.15) is 5.26 Å². The Kier molecular flexibility index (Phi) is 7.86. The van der Waals surface area contributed by atoms with Crippen LogP contribution in [0.25, 0.3) is 22.0 Å². The molecule has 1 aromatic heterocycles. The van der Waals surface area contributed by atoms with Gasteiger partial charge in [0.1, 0.15) is 17.5 Å². The van der Waals surface area contributed by atoms with Crippen LogP contribution >= 0.6 is 12.4 Å². The smallest absolute Gasteiger partial charge is 0.162 e. The molecule has 0 bridgehead atoms. The zero-order valence-corrected chi connectivity index (χ0v) is 19.4. The fourth-order valence-corrected chi connectivity index (χ4v) is 4.14. The van der Waals surface area contributed by atoms with Gasteiger partial charge in [0.05, 0.1) is 40.1 Å². The Morgan fingerprint density at radius 1 is 0.938 bits per heavy atom. The summed E-state index contributed by atoms with van der Waals surface area (Å²) < 4.78 is 24.0. The van der Waals surface area contributed by atoms with Crippen molar-refractivity contribution >= 4 is 23.3 Å². The highest BCUT2D eigenvalue weighted by molar-refractivity contribution is 6.01. The van der Waals surface area contributed by atoms with E-state index in [9.17, 15) is 5.26 Å². The van der Waals surface area contributed by atoms with E-state index < -0.39 is 0 Å². The van der Waals surface area contributed by atoms with Crippen molar-refractivity contribution in [3.05, 3.63) is 42.1 Å². The van der Waals surface area contributed by atoms with Crippen molar-refractivity contribution in [2.24, 2.45) is 0 Å². The molecule has 3 aromatic rings. The third-order valence-corrected chi connectivity index (χ3v) is 5.80. The molecule has 1 aliphatic rings. The summed E-state index contributed by atoms with van der Waals surface area (Å²) in [5, 5.41) is 11.1. The lowest BCUT2D eigenvalue weighted by Crippen LogP contribution is -2.38. The third-order valence-electron chi connectivity index (χ3n) is 5.80. The number of nitrogens with zero attached hydrogens (tertiary/aromatic N) is 3. The Morgan fingerprint density at radius 2 is 1.59 bits per heavy atom. The van der Waals surface area contributed by atoms with Gasteiger partial charge in [0, 0.05) is 43.2 Å². The molecular weight excluding hydrogens is 430 g/mol. The first kappa shape index (κ1) is 23.7. The second kappa shape index (κ2) is 10.6. The van der Waals surface area contributed by atoms with Crippen molar-refractivity contribution in [1.29, 1.82) is 5.26 Å². The Bertz CT molecular complexity index is 1100. The molecule has 2 heterocycles. The van der Waals surface area contributed by atoms with Gasteiger partial charge >= 0.3 is 0 Å². The van der Waals surface area contributed by atoms with E-state index in [2.05, 4.69) is 15.5 Å². The van der Waals surface area contributed by atoms with Gasteiger partial charge in [0.25, 0.3) is 0 Å². The number of ether oxygens (including phenoxy) is 4. The van der Waals surface area contributed by atoms with E-state index in [0.717, 1.165) is 60.6 Å². The summed E-state index contributed by atoms with van der Waals surface area (Å²) in [7, 11) is 4.89. The van der Waals surface area contributed by atoms with Crippen LogP contribution < -0.4 is 14.2 Å². The summed E-state index contributed by atoms with van der Waals surface area (Å²) in [5.74, 6) is 2.06. The molecule has 0 atom stereocenters. The molecule has 0 aliphatic carbocycles. The number of halogens is 1. The monoisotopic (exact) mass is 457 g/mol. The van der Waals surface area contributed by atoms with Crippen molar-refractivity contribution in [2.45, 2.75) is 6.54 Å². The number of hydrogen-bond acceptors (Lipinski definition) is 6. The minimum absolute atomic E-state index is 0. The van der Waals surface area contributed by atoms with E-state index in [1.165, 1.54) is 0 Å². The molecule has 1 fully saturated rings. The Balaban J connectivity index is 0.00000289. The minimum Gasteiger partial charge on any atom is -0.497 e. The summed E-state index contributed by atoms with van der Waals surface area (Å²) in [6.45, 7) is 4.86. The Morgan fingerprint density at radius 3 is 2.19 bits per heavy atom. The van der Waals surface area contributed by atoms with Crippen LogP contribution in [0.15, 0.2) is 36.4 Å². The topological polar surface area (TPSA) is 68.9 Å². The third kappa shape index (κ3) is 4.49. The molecule has 7 nitrogen and oxygen atoms in total. The maximum atomic E-state index is 10.2. The van der Waals surface area contributed by atoms with E-state index in [1.54, 1.807) is 21.3 Å². The molecule has 0 radical (unpaired) electrons. The number of benzene rings is 2. The van der Waals surface area contributed by atoms with Crippen LogP contribution in [-0.4, -0.2) is 63.6 Å². The number of hydrogen-bond donors (Lipinski definition) is 0. The van der Waals surface area contributed by atoms with Gasteiger partial charge in [-0.3, -0.25) is 4.90 Å². The SMILES string of the molecule is COc1ccc(-c2c(C#N)n(CCN3CCOCC3)c3cc(OC)c(OC)cc23)cc1.Cl. The second-order valence-corrected chi connectivity index (χ2v) is 7.39. The van der Waals surface area contributed by atoms with Gasteiger partial charge in [-0.05, 0) is 23.8 Å². The number of methoxy groups -OCH3 is 3. The normalized spacial score (nSPS) is 13.9. The van der Waals surface area contributed by atoms with E-state index in [1.807, 2.05) is 36.4 Å². The lowest BCUT2D eigenvalue weighted by Gasteiger charge is -2.26. The maximum Gasteiger partial charge on any atom is 0.162 e. The van der Waals surface area contributed by atoms with Crippen LogP contribution in [0.4, 0.5) is 0 Å². The first-order chi connectivity index (χ1) is 15.2. The quantitative estimate of drug-likeness (QED) is 0.535. The van der Waals surface area contributed by atoms with Crippen LogP contribution in [0.3, 0.4) is 0 Å². The summed E-state index contributed by atoms with van der Waals surface area (Å²) in [6.07, 6.45) is 0. The molecule has 0 amide bonds. The largest absolute Gasteiger partial charge is 0.497 e. The number of fused-ring (bicyclic) bond motifs is 1. The van der Waals surface area contributed by atoms with Gasteiger partial charge in [-0.1, -0.05) is 12.1 Å². The Hall–Kier alpha value is -2.92. The molecule has 4 rings (SSSR count). The van der Waals surface area contributed by atoms with Crippen LogP contribution in [0.2, 0.25) is 0 Å². The first-order valence-corrected chi connectivity index (χ1v) is 10.3. The van der Waals surface area contributed by atoms with E-state index in [4.69, 9.17) is 18.9 Å². The summed E-state index contributed by atoms with van der Waals surface area (Å²) in [4.78, 5) is 2.37. The first-order valence-electron chi connectivity index (χ1n) is 10.3. The average Bonchev–Trinajstić information content (AvgIpc) is 3.14. The van der Waals surface area contributed by atoms with Crippen LogP contribution in [-0.2, 0) is 11.3 Å². The van der Waals surface area contributed by atoms with Crippen molar-refractivity contribution in [3.8, 4) is 34.4 Å². The molecule has 2 aromatic carbocycles. The molecule has 1 saturated heterocycles. The van der Waals surface area contributed by atoms with Crippen LogP contribution in [0.1, 0.15) is 5.69 Å². The fourth-order valence-electron chi connectivity index (χ4n) is 4.14. The molecule has 0 spiro atoms. The Labute approximate surface area is 194 Å². The van der Waals surface area contributed by atoms with E-state index in [-0.39, 0.29) is 12.4 Å². The molecule has 1 aliphatic heterocycles. The van der Waals surface area contributed by atoms with Crippen LogP contribution in [0.5, 0.6) is 17.2 Å². The molecule has 0 unspecified atom stereocenters. The highest BCUT2D eigenvalue weighted by Gasteiger charge is 2.22. The molecule has 0 saturated carbocycles.